The SMILES string of the molecule is CNCc1n[nH]c(C)c1S(=O)(=O)N1CCN2CCCC2C1. The fourth-order valence-electron chi connectivity index (χ4n) is 3.41. The van der Waals surface area contributed by atoms with E-state index in [1.807, 2.05) is 0 Å². The lowest BCUT2D eigenvalue weighted by atomic mass is 10.2. The van der Waals surface area contributed by atoms with Gasteiger partial charge in [0.05, 0.1) is 11.4 Å². The molecule has 118 valence electrons. The van der Waals surface area contributed by atoms with Gasteiger partial charge in [0, 0.05) is 32.2 Å². The first-order valence-corrected chi connectivity index (χ1v) is 8.90. The van der Waals surface area contributed by atoms with Crippen LogP contribution >= 0.6 is 0 Å². The summed E-state index contributed by atoms with van der Waals surface area (Å²) in [5.74, 6) is 0. The van der Waals surface area contributed by atoms with E-state index >= 15 is 0 Å². The smallest absolute Gasteiger partial charge is 0.246 e. The first kappa shape index (κ1) is 15.0. The lowest BCUT2D eigenvalue weighted by molar-refractivity contribution is 0.158. The zero-order valence-corrected chi connectivity index (χ0v) is 13.4. The number of hydrogen-bond donors (Lipinski definition) is 2. The van der Waals surface area contributed by atoms with Gasteiger partial charge in [-0.3, -0.25) is 10.00 Å². The molecule has 2 N–H and O–H groups in total. The number of aromatic amines is 1. The Kier molecular flexibility index (Phi) is 4.04. The van der Waals surface area contributed by atoms with Crippen molar-refractivity contribution in [3.8, 4) is 0 Å². The average Bonchev–Trinajstić information content (AvgIpc) is 3.05. The zero-order valence-electron chi connectivity index (χ0n) is 12.6. The third kappa shape index (κ3) is 2.61. The number of sulfonamides is 1. The Morgan fingerprint density at radius 2 is 2.19 bits per heavy atom. The molecule has 0 aromatic carbocycles. The van der Waals surface area contributed by atoms with Gasteiger partial charge in [-0.15, -0.1) is 0 Å². The minimum atomic E-state index is -3.47. The van der Waals surface area contributed by atoms with Crippen molar-refractivity contribution in [2.75, 3.05) is 33.2 Å². The van der Waals surface area contributed by atoms with Crippen molar-refractivity contribution in [3.05, 3.63) is 11.4 Å². The largest absolute Gasteiger partial charge is 0.314 e. The monoisotopic (exact) mass is 313 g/mol. The lowest BCUT2D eigenvalue weighted by Crippen LogP contribution is -2.52. The summed E-state index contributed by atoms with van der Waals surface area (Å²) in [6, 6.07) is 0.383. The van der Waals surface area contributed by atoms with Crippen molar-refractivity contribution in [2.45, 2.75) is 37.2 Å². The molecule has 7 nitrogen and oxygen atoms in total. The normalized spacial score (nSPS) is 24.4. The van der Waals surface area contributed by atoms with E-state index in [4.69, 9.17) is 0 Å². The topological polar surface area (TPSA) is 81.3 Å². The molecule has 2 aliphatic heterocycles. The Hall–Kier alpha value is -0.960. The predicted octanol–water partition coefficient (Wildman–Crippen LogP) is -0.0938. The number of H-pyrrole nitrogens is 1. The molecule has 2 fully saturated rings. The molecule has 21 heavy (non-hydrogen) atoms. The van der Waals surface area contributed by atoms with Crippen molar-refractivity contribution in [2.24, 2.45) is 0 Å². The van der Waals surface area contributed by atoms with Crippen LogP contribution in [-0.2, 0) is 16.6 Å². The van der Waals surface area contributed by atoms with E-state index in [1.54, 1.807) is 18.3 Å². The van der Waals surface area contributed by atoms with Crippen LogP contribution in [0.15, 0.2) is 4.90 Å². The van der Waals surface area contributed by atoms with Gasteiger partial charge in [-0.05, 0) is 33.4 Å². The summed E-state index contributed by atoms with van der Waals surface area (Å²) in [6.45, 7) is 5.33. The van der Waals surface area contributed by atoms with Crippen molar-refractivity contribution < 1.29 is 8.42 Å². The third-order valence-corrected chi connectivity index (χ3v) is 6.52. The van der Waals surface area contributed by atoms with E-state index in [1.165, 1.54) is 6.42 Å². The first-order valence-electron chi connectivity index (χ1n) is 7.46. The summed E-state index contributed by atoms with van der Waals surface area (Å²) in [5.41, 5.74) is 1.19. The summed E-state index contributed by atoms with van der Waals surface area (Å²) < 4.78 is 27.6. The van der Waals surface area contributed by atoms with Crippen LogP contribution in [0.2, 0.25) is 0 Å². The second-order valence-electron chi connectivity index (χ2n) is 5.85. The quantitative estimate of drug-likeness (QED) is 0.812. The number of aromatic nitrogens is 2. The van der Waals surface area contributed by atoms with Crippen molar-refractivity contribution in [3.63, 3.8) is 0 Å². The molecule has 1 aromatic rings. The number of rotatable bonds is 4. The summed E-state index contributed by atoms with van der Waals surface area (Å²) in [4.78, 5) is 2.76. The van der Waals surface area contributed by atoms with Crippen LogP contribution in [0.25, 0.3) is 0 Å². The van der Waals surface area contributed by atoms with Gasteiger partial charge in [-0.25, -0.2) is 8.42 Å². The predicted molar refractivity (Wildman–Crippen MR) is 79.4 cm³/mol. The molecule has 3 heterocycles. The number of fused-ring (bicyclic) bond motifs is 1. The van der Waals surface area contributed by atoms with Gasteiger partial charge in [0.1, 0.15) is 4.90 Å². The molecule has 0 saturated carbocycles. The molecule has 0 spiro atoms. The fraction of sp³-hybridized carbons (Fsp3) is 0.769. The highest BCUT2D eigenvalue weighted by Gasteiger charge is 2.38. The third-order valence-electron chi connectivity index (χ3n) is 4.45. The maximum atomic E-state index is 13.0. The zero-order chi connectivity index (χ0) is 15.0. The van der Waals surface area contributed by atoms with Crippen molar-refractivity contribution in [1.82, 2.24) is 24.7 Å². The number of hydrogen-bond acceptors (Lipinski definition) is 5. The van der Waals surface area contributed by atoms with Crippen LogP contribution in [0.5, 0.6) is 0 Å². The minimum absolute atomic E-state index is 0.350. The molecule has 2 aliphatic rings. The van der Waals surface area contributed by atoms with Gasteiger partial charge in [0.25, 0.3) is 0 Å². The first-order chi connectivity index (χ1) is 10.0. The Balaban J connectivity index is 1.88. The molecular formula is C13H23N5O2S. The number of aryl methyl sites for hydroxylation is 1. The van der Waals surface area contributed by atoms with E-state index in [0.29, 0.717) is 42.0 Å². The highest BCUT2D eigenvalue weighted by molar-refractivity contribution is 7.89. The van der Waals surface area contributed by atoms with Crippen LogP contribution in [-0.4, -0.2) is 67.1 Å². The molecule has 0 radical (unpaired) electrons. The van der Waals surface area contributed by atoms with Crippen LogP contribution < -0.4 is 5.32 Å². The molecule has 2 saturated heterocycles. The summed E-state index contributed by atoms with van der Waals surface area (Å²) in [7, 11) is -1.68. The Morgan fingerprint density at radius 3 is 2.95 bits per heavy atom. The summed E-state index contributed by atoms with van der Waals surface area (Å²) >= 11 is 0. The lowest BCUT2D eigenvalue weighted by Gasteiger charge is -2.36. The van der Waals surface area contributed by atoms with E-state index < -0.39 is 10.0 Å². The second kappa shape index (κ2) is 5.68. The van der Waals surface area contributed by atoms with Gasteiger partial charge in [-0.2, -0.15) is 9.40 Å². The molecular weight excluding hydrogens is 290 g/mol. The van der Waals surface area contributed by atoms with Crippen molar-refractivity contribution >= 4 is 10.0 Å². The number of nitrogens with zero attached hydrogens (tertiary/aromatic N) is 3. The Bertz CT molecular complexity index is 612. The Labute approximate surface area is 125 Å². The Morgan fingerprint density at radius 1 is 1.38 bits per heavy atom. The molecule has 8 heteroatoms. The summed E-state index contributed by atoms with van der Waals surface area (Å²) in [5, 5.41) is 9.91. The van der Waals surface area contributed by atoms with Gasteiger partial charge in [0.2, 0.25) is 10.0 Å². The minimum Gasteiger partial charge on any atom is -0.314 e. The molecule has 1 aromatic heterocycles. The highest BCUT2D eigenvalue weighted by atomic mass is 32.2. The van der Waals surface area contributed by atoms with Crippen LogP contribution in [0, 0.1) is 6.92 Å². The van der Waals surface area contributed by atoms with Crippen molar-refractivity contribution in [1.29, 1.82) is 0 Å². The van der Waals surface area contributed by atoms with Gasteiger partial charge in [-0.1, -0.05) is 0 Å². The van der Waals surface area contributed by atoms with Gasteiger partial charge < -0.3 is 5.32 Å². The van der Waals surface area contributed by atoms with Gasteiger partial charge in [0.15, 0.2) is 0 Å². The highest BCUT2D eigenvalue weighted by Crippen LogP contribution is 2.28. The molecule has 3 rings (SSSR count). The maximum Gasteiger partial charge on any atom is 0.246 e. The fourth-order valence-corrected chi connectivity index (χ4v) is 5.21. The molecule has 0 aliphatic carbocycles. The van der Waals surface area contributed by atoms with Crippen LogP contribution in [0.4, 0.5) is 0 Å². The molecule has 1 unspecified atom stereocenters. The number of piperazine rings is 1. The average molecular weight is 313 g/mol. The molecule has 0 bridgehead atoms. The molecule has 0 amide bonds. The molecule has 1 atom stereocenters. The van der Waals surface area contributed by atoms with E-state index in [9.17, 15) is 8.42 Å². The summed E-state index contributed by atoms with van der Waals surface area (Å²) in [6.07, 6.45) is 2.27. The van der Waals surface area contributed by atoms with Crippen LogP contribution in [0.3, 0.4) is 0 Å². The maximum absolute atomic E-state index is 13.0. The van der Waals surface area contributed by atoms with E-state index in [0.717, 1.165) is 19.5 Å². The number of nitrogens with one attached hydrogen (secondary N) is 2. The van der Waals surface area contributed by atoms with E-state index in [-0.39, 0.29) is 0 Å². The van der Waals surface area contributed by atoms with Crippen LogP contribution in [0.1, 0.15) is 24.2 Å². The second-order valence-corrected chi connectivity index (χ2v) is 7.72. The standard InChI is InChI=1S/C13H23N5O2S/c1-10-13(12(8-14-2)16-15-10)21(19,20)18-7-6-17-5-3-4-11(17)9-18/h11,14H,3-9H2,1-2H3,(H,15,16). The van der Waals surface area contributed by atoms with E-state index in [2.05, 4.69) is 20.4 Å². The van der Waals surface area contributed by atoms with Gasteiger partial charge >= 0.3 is 0 Å².